The van der Waals surface area contributed by atoms with Crippen LogP contribution in [0.25, 0.3) is 0 Å². The number of amides is 1. The topological polar surface area (TPSA) is 50.4 Å². The lowest BCUT2D eigenvalue weighted by Gasteiger charge is -2.32. The first-order valence-corrected chi connectivity index (χ1v) is 6.77. The van der Waals surface area contributed by atoms with Crippen LogP contribution in [0, 0.1) is 11.8 Å². The maximum Gasteiger partial charge on any atom is 0.223 e. The number of hydrogen-bond donors (Lipinski definition) is 2. The summed E-state index contributed by atoms with van der Waals surface area (Å²) in [6.07, 6.45) is 0. The zero-order valence-electron chi connectivity index (χ0n) is 11.8. The van der Waals surface area contributed by atoms with Gasteiger partial charge in [-0.1, -0.05) is 25.1 Å². The molecule has 1 aromatic rings. The van der Waals surface area contributed by atoms with Crippen LogP contribution in [0.1, 0.15) is 25.5 Å². The van der Waals surface area contributed by atoms with Crippen molar-refractivity contribution >= 4 is 5.91 Å². The molecular formula is C15H22N2O2. The van der Waals surface area contributed by atoms with E-state index < -0.39 is 0 Å². The molecule has 2 rings (SSSR count). The zero-order chi connectivity index (χ0) is 13.8. The molecule has 1 aliphatic rings. The van der Waals surface area contributed by atoms with Crippen LogP contribution in [0.4, 0.5) is 0 Å². The number of carbonyl (C=O) groups is 1. The Balaban J connectivity index is 1.99. The Hall–Kier alpha value is -1.55. The van der Waals surface area contributed by atoms with Gasteiger partial charge in [0.25, 0.3) is 0 Å². The van der Waals surface area contributed by atoms with Gasteiger partial charge in [-0.25, -0.2) is 0 Å². The van der Waals surface area contributed by atoms with Crippen LogP contribution < -0.4 is 15.4 Å². The second kappa shape index (κ2) is 6.06. The van der Waals surface area contributed by atoms with Crippen LogP contribution in [0.2, 0.25) is 0 Å². The van der Waals surface area contributed by atoms with Gasteiger partial charge < -0.3 is 15.4 Å². The molecule has 2 N–H and O–H groups in total. The van der Waals surface area contributed by atoms with Crippen molar-refractivity contribution in [3.63, 3.8) is 0 Å². The lowest BCUT2D eigenvalue weighted by Crippen LogP contribution is -2.49. The van der Waals surface area contributed by atoms with Crippen molar-refractivity contribution in [3.8, 4) is 5.75 Å². The molecule has 104 valence electrons. The molecule has 1 heterocycles. The molecule has 0 aliphatic carbocycles. The van der Waals surface area contributed by atoms with E-state index in [0.29, 0.717) is 5.92 Å². The van der Waals surface area contributed by atoms with E-state index in [-0.39, 0.29) is 17.9 Å². The predicted molar refractivity (Wildman–Crippen MR) is 75.1 cm³/mol. The lowest BCUT2D eigenvalue weighted by atomic mass is 9.88. The predicted octanol–water partition coefficient (Wildman–Crippen LogP) is 1.73. The first kappa shape index (κ1) is 13.9. The molecule has 1 fully saturated rings. The number of rotatable bonds is 5. The second-order valence-corrected chi connectivity index (χ2v) is 5.18. The summed E-state index contributed by atoms with van der Waals surface area (Å²) in [7, 11) is 1.65. The monoisotopic (exact) mass is 262 g/mol. The van der Waals surface area contributed by atoms with E-state index in [9.17, 15) is 4.79 Å². The molecule has 0 spiro atoms. The smallest absolute Gasteiger partial charge is 0.223 e. The van der Waals surface area contributed by atoms with Crippen molar-refractivity contribution in [3.05, 3.63) is 29.8 Å². The van der Waals surface area contributed by atoms with E-state index in [2.05, 4.69) is 10.6 Å². The van der Waals surface area contributed by atoms with E-state index in [0.717, 1.165) is 24.4 Å². The van der Waals surface area contributed by atoms with E-state index >= 15 is 0 Å². The maximum absolute atomic E-state index is 12.2. The molecule has 0 saturated carbocycles. The number of para-hydroxylation sites is 1. The lowest BCUT2D eigenvalue weighted by molar-refractivity contribution is -0.127. The normalized spacial score (nSPS) is 18.3. The molecule has 1 unspecified atom stereocenters. The average Bonchev–Trinajstić information content (AvgIpc) is 2.36. The molecule has 19 heavy (non-hydrogen) atoms. The Kier molecular flexibility index (Phi) is 4.43. The number of nitrogens with one attached hydrogen (secondary N) is 2. The summed E-state index contributed by atoms with van der Waals surface area (Å²) in [5.74, 6) is 1.45. The van der Waals surface area contributed by atoms with Gasteiger partial charge in [-0.15, -0.1) is 0 Å². The summed E-state index contributed by atoms with van der Waals surface area (Å²) in [6, 6.07) is 7.75. The third-order valence-electron chi connectivity index (χ3n) is 3.90. The van der Waals surface area contributed by atoms with Crippen molar-refractivity contribution in [2.45, 2.75) is 19.9 Å². The average molecular weight is 262 g/mol. The highest BCUT2D eigenvalue weighted by molar-refractivity contribution is 5.79. The van der Waals surface area contributed by atoms with Crippen molar-refractivity contribution in [2.75, 3.05) is 20.2 Å². The van der Waals surface area contributed by atoms with E-state index in [4.69, 9.17) is 4.74 Å². The van der Waals surface area contributed by atoms with Gasteiger partial charge in [0, 0.05) is 11.5 Å². The van der Waals surface area contributed by atoms with Crippen LogP contribution in [-0.2, 0) is 4.79 Å². The van der Waals surface area contributed by atoms with Gasteiger partial charge >= 0.3 is 0 Å². The van der Waals surface area contributed by atoms with Gasteiger partial charge in [0.05, 0.1) is 13.2 Å². The third kappa shape index (κ3) is 3.07. The highest BCUT2D eigenvalue weighted by Crippen LogP contribution is 2.25. The molecule has 0 radical (unpaired) electrons. The number of carbonyl (C=O) groups excluding carboxylic acids is 1. The van der Waals surface area contributed by atoms with Crippen LogP contribution in [0.15, 0.2) is 24.3 Å². The van der Waals surface area contributed by atoms with Crippen molar-refractivity contribution in [1.29, 1.82) is 0 Å². The second-order valence-electron chi connectivity index (χ2n) is 5.18. The summed E-state index contributed by atoms with van der Waals surface area (Å²) in [5, 5.41) is 6.27. The summed E-state index contributed by atoms with van der Waals surface area (Å²) >= 11 is 0. The Labute approximate surface area is 114 Å². The zero-order valence-corrected chi connectivity index (χ0v) is 11.8. The van der Waals surface area contributed by atoms with Crippen molar-refractivity contribution < 1.29 is 9.53 Å². The summed E-state index contributed by atoms with van der Waals surface area (Å²) in [4.78, 5) is 12.2. The minimum Gasteiger partial charge on any atom is -0.496 e. The van der Waals surface area contributed by atoms with Crippen LogP contribution in [-0.4, -0.2) is 26.1 Å². The molecule has 2 atom stereocenters. The fraction of sp³-hybridized carbons (Fsp3) is 0.533. The van der Waals surface area contributed by atoms with Crippen LogP contribution >= 0.6 is 0 Å². The fourth-order valence-corrected chi connectivity index (χ4v) is 2.33. The minimum atomic E-state index is -0.0425. The van der Waals surface area contributed by atoms with Gasteiger partial charge in [0.15, 0.2) is 0 Å². The largest absolute Gasteiger partial charge is 0.496 e. The van der Waals surface area contributed by atoms with Gasteiger partial charge in [-0.05, 0) is 32.0 Å². The summed E-state index contributed by atoms with van der Waals surface area (Å²) < 4.78 is 5.33. The van der Waals surface area contributed by atoms with Gasteiger partial charge in [0.1, 0.15) is 5.75 Å². The van der Waals surface area contributed by atoms with Gasteiger partial charge in [-0.3, -0.25) is 4.79 Å². The minimum absolute atomic E-state index is 0.0425. The SMILES string of the molecule is COc1ccccc1[C@@H](C)NC(=O)C(C)C1CNC1. The Morgan fingerprint density at radius 1 is 1.37 bits per heavy atom. The first-order chi connectivity index (χ1) is 9.13. The molecule has 4 heteroatoms. The van der Waals surface area contributed by atoms with Crippen LogP contribution in [0.5, 0.6) is 5.75 Å². The van der Waals surface area contributed by atoms with E-state index in [1.807, 2.05) is 38.1 Å². The number of hydrogen-bond acceptors (Lipinski definition) is 3. The Bertz CT molecular complexity index is 444. The molecule has 1 aliphatic heterocycles. The van der Waals surface area contributed by atoms with Crippen molar-refractivity contribution in [2.24, 2.45) is 11.8 Å². The Morgan fingerprint density at radius 2 is 2.05 bits per heavy atom. The molecule has 4 nitrogen and oxygen atoms in total. The van der Waals surface area contributed by atoms with Gasteiger partial charge in [0.2, 0.25) is 5.91 Å². The maximum atomic E-state index is 12.2. The summed E-state index contributed by atoms with van der Waals surface area (Å²) in [5.41, 5.74) is 1.01. The third-order valence-corrected chi connectivity index (χ3v) is 3.90. The molecule has 1 saturated heterocycles. The molecule has 1 amide bonds. The number of ether oxygens (including phenoxy) is 1. The van der Waals surface area contributed by atoms with Gasteiger partial charge in [-0.2, -0.15) is 0 Å². The first-order valence-electron chi connectivity index (χ1n) is 6.77. The Morgan fingerprint density at radius 3 is 2.63 bits per heavy atom. The molecule has 0 bridgehead atoms. The quantitative estimate of drug-likeness (QED) is 0.849. The van der Waals surface area contributed by atoms with E-state index in [1.165, 1.54) is 0 Å². The number of methoxy groups -OCH3 is 1. The summed E-state index contributed by atoms with van der Waals surface area (Å²) in [6.45, 7) is 5.87. The molecule has 1 aromatic carbocycles. The highest BCUT2D eigenvalue weighted by atomic mass is 16.5. The number of benzene rings is 1. The van der Waals surface area contributed by atoms with E-state index in [1.54, 1.807) is 7.11 Å². The standard InChI is InChI=1S/C15H22N2O2/c1-10(12-8-16-9-12)15(18)17-11(2)13-6-4-5-7-14(13)19-3/h4-7,10-12,16H,8-9H2,1-3H3,(H,17,18)/t10?,11-/m1/s1. The highest BCUT2D eigenvalue weighted by Gasteiger charge is 2.29. The van der Waals surface area contributed by atoms with Crippen LogP contribution in [0.3, 0.4) is 0 Å². The van der Waals surface area contributed by atoms with Crippen molar-refractivity contribution in [1.82, 2.24) is 10.6 Å². The fourth-order valence-electron chi connectivity index (χ4n) is 2.33. The molecular weight excluding hydrogens is 240 g/mol. The molecule has 0 aromatic heterocycles.